The van der Waals surface area contributed by atoms with E-state index in [1.54, 1.807) is 7.05 Å². The smallest absolute Gasteiger partial charge is 0.246 e. The maximum Gasteiger partial charge on any atom is 0.246 e. The first-order chi connectivity index (χ1) is 10.7. The molecule has 1 heterocycles. The lowest BCUT2D eigenvalue weighted by Crippen LogP contribution is -2.49. The first kappa shape index (κ1) is 18.5. The van der Waals surface area contributed by atoms with E-state index in [1.165, 1.54) is 22.7 Å². The number of hydrogen-bond donors (Lipinski definition) is 0. The molecule has 0 radical (unpaired) electrons. The first-order valence-corrected chi connectivity index (χ1v) is 9.95. The first-order valence-electron chi connectivity index (χ1n) is 6.97. The molecule has 1 aromatic rings. The van der Waals surface area contributed by atoms with Gasteiger partial charge in [-0.2, -0.15) is 4.31 Å². The number of halogens is 2. The molecule has 2 rings (SSSR count). The molecule has 1 unspecified atom stereocenters. The van der Waals surface area contributed by atoms with Crippen LogP contribution in [0.2, 0.25) is 5.02 Å². The topological polar surface area (TPSA) is 57.7 Å². The predicted molar refractivity (Wildman–Crippen MR) is 89.5 cm³/mol. The zero-order valence-electron chi connectivity index (χ0n) is 13.0. The van der Waals surface area contributed by atoms with Gasteiger partial charge in [0.25, 0.3) is 0 Å². The molecule has 1 fully saturated rings. The fourth-order valence-electron chi connectivity index (χ4n) is 2.15. The van der Waals surface area contributed by atoms with E-state index < -0.39 is 21.9 Å². The van der Waals surface area contributed by atoms with Crippen molar-refractivity contribution in [1.82, 2.24) is 9.21 Å². The molecule has 0 aliphatic carbocycles. The molecule has 0 saturated carbocycles. The van der Waals surface area contributed by atoms with Crippen LogP contribution in [0.15, 0.2) is 23.1 Å². The molecule has 0 aromatic heterocycles. The second-order valence-corrected chi connectivity index (χ2v) is 8.79. The largest absolute Gasteiger partial charge is 0.342 e. The van der Waals surface area contributed by atoms with Crippen LogP contribution in [0, 0.1) is 5.82 Å². The third-order valence-corrected chi connectivity index (χ3v) is 7.24. The van der Waals surface area contributed by atoms with E-state index >= 15 is 0 Å². The van der Waals surface area contributed by atoms with Gasteiger partial charge in [0, 0.05) is 18.8 Å². The SMILES string of the molecule is CC(C)N(C)C(=O)C1CSCN1S(=O)(=O)c1cc(F)ccc1Cl. The van der Waals surface area contributed by atoms with E-state index in [2.05, 4.69) is 0 Å². The lowest BCUT2D eigenvalue weighted by Gasteiger charge is -2.29. The van der Waals surface area contributed by atoms with Crippen molar-refractivity contribution in [2.75, 3.05) is 18.7 Å². The Bertz CT molecular complexity index is 712. The Hall–Kier alpha value is -0.830. The second-order valence-electron chi connectivity index (χ2n) is 5.53. The lowest BCUT2D eigenvalue weighted by atomic mass is 10.2. The van der Waals surface area contributed by atoms with Gasteiger partial charge in [-0.25, -0.2) is 12.8 Å². The molecule has 1 aromatic carbocycles. The molecular formula is C14H18ClFN2O3S2. The summed E-state index contributed by atoms with van der Waals surface area (Å²) < 4.78 is 40.1. The lowest BCUT2D eigenvalue weighted by molar-refractivity contribution is -0.134. The van der Waals surface area contributed by atoms with E-state index in [1.807, 2.05) is 13.8 Å². The van der Waals surface area contributed by atoms with Crippen molar-refractivity contribution in [2.45, 2.75) is 30.8 Å². The van der Waals surface area contributed by atoms with Crippen LogP contribution in [0.25, 0.3) is 0 Å². The van der Waals surface area contributed by atoms with Crippen LogP contribution in [0.5, 0.6) is 0 Å². The molecule has 0 spiro atoms. The summed E-state index contributed by atoms with van der Waals surface area (Å²) in [5, 5.41) is -0.0632. The van der Waals surface area contributed by atoms with Crippen LogP contribution in [0.1, 0.15) is 13.8 Å². The molecule has 0 bridgehead atoms. The molecule has 0 N–H and O–H groups in total. The number of amides is 1. The highest BCUT2D eigenvalue weighted by Gasteiger charge is 2.42. The fraction of sp³-hybridized carbons (Fsp3) is 0.500. The van der Waals surface area contributed by atoms with Crippen molar-refractivity contribution in [2.24, 2.45) is 0 Å². The Kier molecular flexibility index (Phi) is 5.60. The number of carbonyl (C=O) groups is 1. The molecule has 1 aliphatic heterocycles. The number of likely N-dealkylation sites (N-methyl/N-ethyl adjacent to an activating group) is 1. The number of benzene rings is 1. The normalized spacial score (nSPS) is 19.3. The van der Waals surface area contributed by atoms with Gasteiger partial charge in [0.15, 0.2) is 0 Å². The quantitative estimate of drug-likeness (QED) is 0.804. The molecule has 1 amide bonds. The van der Waals surface area contributed by atoms with E-state index in [9.17, 15) is 17.6 Å². The molecule has 128 valence electrons. The van der Waals surface area contributed by atoms with Gasteiger partial charge in [0.05, 0.1) is 10.9 Å². The van der Waals surface area contributed by atoms with Crippen LogP contribution in [-0.4, -0.2) is 54.3 Å². The van der Waals surface area contributed by atoms with Gasteiger partial charge < -0.3 is 4.90 Å². The minimum absolute atomic E-state index is 0.0459. The Labute approximate surface area is 144 Å². The number of sulfonamides is 1. The summed E-state index contributed by atoms with van der Waals surface area (Å²) in [6.45, 7) is 3.70. The van der Waals surface area contributed by atoms with Crippen molar-refractivity contribution < 1.29 is 17.6 Å². The monoisotopic (exact) mass is 380 g/mol. The van der Waals surface area contributed by atoms with Gasteiger partial charge in [-0.05, 0) is 32.0 Å². The highest BCUT2D eigenvalue weighted by molar-refractivity contribution is 8.00. The van der Waals surface area contributed by atoms with Crippen molar-refractivity contribution in [3.05, 3.63) is 29.0 Å². The standard InChI is InChI=1S/C14H18ClFN2O3S2/c1-9(2)17(3)14(19)12-7-22-8-18(12)23(20,21)13-6-10(16)4-5-11(13)15/h4-6,9,12H,7-8H2,1-3H3. The fourth-order valence-corrected chi connectivity index (χ4v) is 5.77. The summed E-state index contributed by atoms with van der Waals surface area (Å²) in [6.07, 6.45) is 0. The molecule has 5 nitrogen and oxygen atoms in total. The van der Waals surface area contributed by atoms with Gasteiger partial charge in [-0.3, -0.25) is 4.79 Å². The molecule has 9 heteroatoms. The average molecular weight is 381 g/mol. The Morgan fingerprint density at radius 1 is 1.48 bits per heavy atom. The summed E-state index contributed by atoms with van der Waals surface area (Å²) in [7, 11) is -2.42. The zero-order valence-corrected chi connectivity index (χ0v) is 15.4. The summed E-state index contributed by atoms with van der Waals surface area (Å²) in [6, 6.07) is 2.32. The number of carbonyl (C=O) groups excluding carboxylic acids is 1. The minimum Gasteiger partial charge on any atom is -0.342 e. The van der Waals surface area contributed by atoms with Gasteiger partial charge in [0.1, 0.15) is 16.8 Å². The minimum atomic E-state index is -4.05. The predicted octanol–water partition coefficient (Wildman–Crippen LogP) is 2.41. The second kappa shape index (κ2) is 6.96. The Balaban J connectivity index is 2.39. The maximum absolute atomic E-state index is 13.4. The highest BCUT2D eigenvalue weighted by atomic mass is 35.5. The van der Waals surface area contributed by atoms with E-state index in [0.29, 0.717) is 5.75 Å². The van der Waals surface area contributed by atoms with Crippen LogP contribution >= 0.6 is 23.4 Å². The summed E-state index contributed by atoms with van der Waals surface area (Å²) in [5.74, 6) is -0.470. The third kappa shape index (κ3) is 3.65. The van der Waals surface area contributed by atoms with Crippen LogP contribution in [0.3, 0.4) is 0 Å². The van der Waals surface area contributed by atoms with Gasteiger partial charge in [-0.15, -0.1) is 11.8 Å². The van der Waals surface area contributed by atoms with E-state index in [4.69, 9.17) is 11.6 Å². The van der Waals surface area contributed by atoms with Gasteiger partial charge in [-0.1, -0.05) is 11.6 Å². The highest BCUT2D eigenvalue weighted by Crippen LogP contribution is 2.32. The van der Waals surface area contributed by atoms with E-state index in [-0.39, 0.29) is 27.7 Å². The summed E-state index contributed by atoms with van der Waals surface area (Å²) in [5.41, 5.74) is 0. The van der Waals surface area contributed by atoms with Crippen LogP contribution in [0.4, 0.5) is 4.39 Å². The van der Waals surface area contributed by atoms with Crippen molar-refractivity contribution in [1.29, 1.82) is 0 Å². The molecular weight excluding hydrogens is 363 g/mol. The van der Waals surface area contributed by atoms with Gasteiger partial charge >= 0.3 is 0 Å². The summed E-state index contributed by atoms with van der Waals surface area (Å²) >= 11 is 7.27. The molecule has 1 saturated heterocycles. The van der Waals surface area contributed by atoms with Crippen molar-refractivity contribution in [3.8, 4) is 0 Å². The third-order valence-electron chi connectivity index (χ3n) is 3.73. The number of thioether (sulfide) groups is 1. The van der Waals surface area contributed by atoms with Crippen LogP contribution < -0.4 is 0 Å². The van der Waals surface area contributed by atoms with Crippen molar-refractivity contribution >= 4 is 39.3 Å². The Morgan fingerprint density at radius 3 is 2.74 bits per heavy atom. The number of hydrogen-bond acceptors (Lipinski definition) is 4. The summed E-state index contributed by atoms with van der Waals surface area (Å²) in [4.78, 5) is 13.7. The number of rotatable bonds is 4. The van der Waals surface area contributed by atoms with Crippen molar-refractivity contribution in [3.63, 3.8) is 0 Å². The van der Waals surface area contributed by atoms with Crippen LogP contribution in [-0.2, 0) is 14.8 Å². The molecule has 1 aliphatic rings. The van der Waals surface area contributed by atoms with E-state index in [0.717, 1.165) is 16.4 Å². The number of nitrogens with zero attached hydrogens (tertiary/aromatic N) is 2. The zero-order chi connectivity index (χ0) is 17.4. The Morgan fingerprint density at radius 2 is 2.13 bits per heavy atom. The molecule has 1 atom stereocenters. The maximum atomic E-state index is 13.4. The molecule has 23 heavy (non-hydrogen) atoms. The average Bonchev–Trinajstić information content (AvgIpc) is 2.98. The van der Waals surface area contributed by atoms with Gasteiger partial charge in [0.2, 0.25) is 15.9 Å².